The summed E-state index contributed by atoms with van der Waals surface area (Å²) in [6, 6.07) is 7.11. The van der Waals surface area contributed by atoms with Crippen LogP contribution in [0.5, 0.6) is 5.75 Å². The second-order valence-electron chi connectivity index (χ2n) is 4.54. The van der Waals surface area contributed by atoms with Crippen molar-refractivity contribution in [3.8, 4) is 5.75 Å². The molecule has 3 rings (SSSR count). The molecule has 0 aliphatic heterocycles. The Morgan fingerprint density at radius 3 is 2.62 bits per heavy atom. The van der Waals surface area contributed by atoms with Crippen molar-refractivity contribution in [2.75, 3.05) is 0 Å². The minimum Gasteiger partial charge on any atom is -0.485 e. The van der Waals surface area contributed by atoms with Gasteiger partial charge in [0.05, 0.1) is 11.3 Å². The van der Waals surface area contributed by atoms with Crippen molar-refractivity contribution in [1.82, 2.24) is 9.38 Å². The van der Waals surface area contributed by atoms with Crippen LogP contribution in [-0.2, 0) is 6.61 Å². The van der Waals surface area contributed by atoms with Gasteiger partial charge in [-0.3, -0.25) is 4.40 Å². The van der Waals surface area contributed by atoms with Crippen molar-refractivity contribution < 1.29 is 13.5 Å². The van der Waals surface area contributed by atoms with E-state index in [1.807, 2.05) is 0 Å². The molecule has 0 fully saturated rings. The third kappa shape index (κ3) is 2.45. The zero-order chi connectivity index (χ0) is 15.0. The van der Waals surface area contributed by atoms with Crippen LogP contribution < -0.4 is 4.74 Å². The molecule has 6 heteroatoms. The lowest BCUT2D eigenvalue weighted by atomic mass is 10.2. The zero-order valence-corrected chi connectivity index (χ0v) is 11.9. The predicted molar refractivity (Wildman–Crippen MR) is 75.6 cm³/mol. The number of halogens is 3. The largest absolute Gasteiger partial charge is 0.485 e. The number of hydrogen-bond donors (Lipinski definition) is 0. The van der Waals surface area contributed by atoms with Crippen LogP contribution in [0.15, 0.2) is 36.5 Å². The minimum atomic E-state index is -0.639. The minimum absolute atomic E-state index is 0.117. The number of fused-ring (bicyclic) bond motifs is 1. The van der Waals surface area contributed by atoms with Crippen LogP contribution in [0.2, 0.25) is 5.15 Å². The summed E-state index contributed by atoms with van der Waals surface area (Å²) in [6.45, 7) is 1.55. The van der Waals surface area contributed by atoms with Crippen molar-refractivity contribution in [3.63, 3.8) is 0 Å². The summed E-state index contributed by atoms with van der Waals surface area (Å²) in [7, 11) is 0. The molecule has 3 aromatic rings. The van der Waals surface area contributed by atoms with E-state index in [4.69, 9.17) is 16.3 Å². The highest BCUT2D eigenvalue weighted by atomic mass is 35.5. The van der Waals surface area contributed by atoms with Gasteiger partial charge in [0.15, 0.2) is 11.4 Å². The summed E-state index contributed by atoms with van der Waals surface area (Å²) in [5.74, 6) is -0.867. The first-order valence-electron chi connectivity index (χ1n) is 6.27. The van der Waals surface area contributed by atoms with Gasteiger partial charge in [-0.05, 0) is 31.2 Å². The van der Waals surface area contributed by atoms with E-state index >= 15 is 0 Å². The van der Waals surface area contributed by atoms with Gasteiger partial charge in [-0.25, -0.2) is 13.8 Å². The summed E-state index contributed by atoms with van der Waals surface area (Å²) < 4.78 is 34.3. The van der Waals surface area contributed by atoms with Gasteiger partial charge >= 0.3 is 0 Å². The molecule has 0 aliphatic carbocycles. The molecule has 21 heavy (non-hydrogen) atoms. The summed E-state index contributed by atoms with van der Waals surface area (Å²) >= 11 is 6.11. The van der Waals surface area contributed by atoms with Crippen molar-refractivity contribution >= 4 is 17.2 Å². The van der Waals surface area contributed by atoms with E-state index in [0.717, 1.165) is 0 Å². The monoisotopic (exact) mass is 308 g/mol. The topological polar surface area (TPSA) is 26.5 Å². The van der Waals surface area contributed by atoms with Gasteiger partial charge < -0.3 is 4.74 Å². The average molecular weight is 309 g/mol. The Balaban J connectivity index is 1.94. The Kier molecular flexibility index (Phi) is 3.51. The maximum Gasteiger partial charge on any atom is 0.181 e. The maximum absolute atomic E-state index is 13.6. The lowest BCUT2D eigenvalue weighted by Crippen LogP contribution is -2.02. The van der Waals surface area contributed by atoms with Crippen LogP contribution in [0.4, 0.5) is 8.78 Å². The fraction of sp³-hybridized carbons (Fsp3) is 0.133. The van der Waals surface area contributed by atoms with E-state index in [-0.39, 0.29) is 12.2 Å². The van der Waals surface area contributed by atoms with Crippen molar-refractivity contribution in [1.29, 1.82) is 0 Å². The fourth-order valence-corrected chi connectivity index (χ4v) is 2.24. The van der Waals surface area contributed by atoms with Crippen LogP contribution >= 0.6 is 11.6 Å². The molecule has 3 nitrogen and oxygen atoms in total. The molecule has 108 valence electrons. The van der Waals surface area contributed by atoms with Crippen LogP contribution in [-0.4, -0.2) is 9.38 Å². The second-order valence-corrected chi connectivity index (χ2v) is 4.90. The molecular formula is C15H11ClF2N2O. The molecule has 2 aromatic heterocycles. The van der Waals surface area contributed by atoms with Crippen LogP contribution in [0, 0.1) is 18.6 Å². The molecule has 0 aliphatic rings. The highest BCUT2D eigenvalue weighted by molar-refractivity contribution is 6.30. The van der Waals surface area contributed by atoms with Gasteiger partial charge in [-0.2, -0.15) is 0 Å². The zero-order valence-electron chi connectivity index (χ0n) is 11.1. The van der Waals surface area contributed by atoms with Gasteiger partial charge in [-0.15, -0.1) is 0 Å². The van der Waals surface area contributed by atoms with E-state index in [9.17, 15) is 8.78 Å². The summed E-state index contributed by atoms with van der Waals surface area (Å²) in [5.41, 5.74) is 1.05. The Bertz CT molecular complexity index is 797. The Labute approximate surface area is 124 Å². The Morgan fingerprint density at radius 1 is 1.19 bits per heavy atom. The molecule has 0 spiro atoms. The molecule has 0 N–H and O–H groups in total. The smallest absolute Gasteiger partial charge is 0.181 e. The molecule has 0 unspecified atom stereocenters. The number of aryl methyl sites for hydroxylation is 1. The van der Waals surface area contributed by atoms with E-state index in [1.165, 1.54) is 18.2 Å². The Morgan fingerprint density at radius 2 is 1.90 bits per heavy atom. The molecule has 0 atom stereocenters. The predicted octanol–water partition coefficient (Wildman–Crippen LogP) is 4.15. The number of aromatic nitrogens is 2. The standard InChI is InChI=1S/C15H11ClF2N2O/c1-9-14(16)20-7-3-6-13(15(20)19-9)21-8-10-11(17)4-2-5-12(10)18/h2-7H,8H2,1H3. The van der Waals surface area contributed by atoms with Gasteiger partial charge in [-0.1, -0.05) is 17.7 Å². The molecule has 0 radical (unpaired) electrons. The van der Waals surface area contributed by atoms with Crippen LogP contribution in [0.1, 0.15) is 11.3 Å². The third-order valence-corrected chi connectivity index (χ3v) is 3.60. The third-order valence-electron chi connectivity index (χ3n) is 3.15. The number of nitrogens with zero attached hydrogens (tertiary/aromatic N) is 2. The average Bonchev–Trinajstić information content (AvgIpc) is 2.75. The number of hydrogen-bond acceptors (Lipinski definition) is 2. The first-order chi connectivity index (χ1) is 10.1. The number of rotatable bonds is 3. The normalized spacial score (nSPS) is 11.0. The van der Waals surface area contributed by atoms with Gasteiger partial charge in [0.25, 0.3) is 0 Å². The second kappa shape index (κ2) is 5.33. The first-order valence-corrected chi connectivity index (χ1v) is 6.64. The van der Waals surface area contributed by atoms with Gasteiger partial charge in [0, 0.05) is 6.20 Å². The lowest BCUT2D eigenvalue weighted by molar-refractivity contribution is 0.294. The summed E-state index contributed by atoms with van der Waals surface area (Å²) in [4.78, 5) is 4.29. The van der Waals surface area contributed by atoms with Crippen molar-refractivity contribution in [2.24, 2.45) is 0 Å². The molecule has 1 aromatic carbocycles. The Hall–Kier alpha value is -2.14. The van der Waals surface area contributed by atoms with Crippen LogP contribution in [0.25, 0.3) is 5.65 Å². The maximum atomic E-state index is 13.6. The number of imidazole rings is 1. The van der Waals surface area contributed by atoms with E-state index in [2.05, 4.69) is 4.98 Å². The van der Waals surface area contributed by atoms with E-state index in [1.54, 1.807) is 29.7 Å². The summed E-state index contributed by atoms with van der Waals surface area (Å²) in [6.07, 6.45) is 1.74. The fourth-order valence-electron chi connectivity index (χ4n) is 2.06. The van der Waals surface area contributed by atoms with Crippen LogP contribution in [0.3, 0.4) is 0 Å². The highest BCUT2D eigenvalue weighted by Crippen LogP contribution is 2.26. The van der Waals surface area contributed by atoms with Crippen molar-refractivity contribution in [2.45, 2.75) is 13.5 Å². The number of benzene rings is 1. The van der Waals surface area contributed by atoms with Gasteiger partial charge in [0.2, 0.25) is 0 Å². The lowest BCUT2D eigenvalue weighted by Gasteiger charge is -2.09. The molecule has 0 bridgehead atoms. The first kappa shape index (κ1) is 13.8. The molecule has 0 saturated heterocycles. The molecule has 0 saturated carbocycles. The molecular weight excluding hydrogens is 298 g/mol. The van der Waals surface area contributed by atoms with E-state index < -0.39 is 11.6 Å². The highest BCUT2D eigenvalue weighted by Gasteiger charge is 2.13. The quantitative estimate of drug-likeness (QED) is 0.726. The molecule has 0 amide bonds. The number of pyridine rings is 1. The number of ether oxygens (including phenoxy) is 1. The van der Waals surface area contributed by atoms with E-state index in [0.29, 0.717) is 22.2 Å². The SMILES string of the molecule is Cc1nc2c(OCc3c(F)cccc3F)cccn2c1Cl. The van der Waals surface area contributed by atoms with Crippen molar-refractivity contribution in [3.05, 3.63) is 64.6 Å². The summed E-state index contributed by atoms with van der Waals surface area (Å²) in [5, 5.41) is 0.479. The molecule has 2 heterocycles. The van der Waals surface area contributed by atoms with Gasteiger partial charge in [0.1, 0.15) is 23.4 Å².